The predicted molar refractivity (Wildman–Crippen MR) is 52.9 cm³/mol. The Labute approximate surface area is 91.8 Å². The van der Waals surface area contributed by atoms with Crippen LogP contribution in [0.1, 0.15) is 6.42 Å². The van der Waals surface area contributed by atoms with Gasteiger partial charge in [0.15, 0.2) is 0 Å². The number of aliphatic carboxylic acids is 1. The number of carboxylic acid groups (broad SMARTS) is 1. The van der Waals surface area contributed by atoms with Crippen molar-refractivity contribution in [1.82, 2.24) is 5.32 Å². The van der Waals surface area contributed by atoms with Crippen LogP contribution in [-0.4, -0.2) is 38.5 Å². The summed E-state index contributed by atoms with van der Waals surface area (Å²) < 4.78 is -0.624. The molecule has 0 aliphatic rings. The molecule has 0 aromatic heterocycles. The Hall–Kier alpha value is -0.140. The Bertz CT molecular complexity index is 197. The second-order valence-corrected chi connectivity index (χ2v) is 5.27. The number of hydrogen-bond acceptors (Lipinski definition) is 3. The highest BCUT2D eigenvalue weighted by Crippen LogP contribution is 2.08. The summed E-state index contributed by atoms with van der Waals surface area (Å²) in [5.41, 5.74) is 0. The molecule has 0 radical (unpaired) electrons. The lowest BCUT2D eigenvalue weighted by molar-refractivity contribution is -0.142. The van der Waals surface area contributed by atoms with E-state index in [1.165, 1.54) is 0 Å². The number of carbonyl (C=O) groups excluding carboxylic acids is 1. The molecular weight excluding hydrogens is 310 g/mol. The first kappa shape index (κ1) is 12.9. The maximum Gasteiger partial charge on any atom is 0.326 e. The van der Waals surface area contributed by atoms with Crippen molar-refractivity contribution >= 4 is 43.7 Å². The molecule has 0 bridgehead atoms. The van der Waals surface area contributed by atoms with Crippen LogP contribution in [0.3, 0.4) is 0 Å². The van der Waals surface area contributed by atoms with E-state index >= 15 is 0 Å². The summed E-state index contributed by atoms with van der Waals surface area (Å²) in [5.74, 6) is -1.65. The van der Waals surface area contributed by atoms with E-state index in [2.05, 4.69) is 37.2 Å². The van der Waals surface area contributed by atoms with Gasteiger partial charge in [0.1, 0.15) is 9.78 Å². The van der Waals surface area contributed by atoms with Crippen LogP contribution in [0.5, 0.6) is 0 Å². The first-order chi connectivity index (χ1) is 5.99. The number of hydrogen-bond donors (Lipinski definition) is 3. The summed E-state index contributed by atoms with van der Waals surface area (Å²) in [4.78, 5) is 21.5. The van der Waals surface area contributed by atoms with Gasteiger partial charge in [-0.3, -0.25) is 4.79 Å². The second-order valence-electron chi connectivity index (χ2n) is 2.21. The van der Waals surface area contributed by atoms with Crippen LogP contribution >= 0.6 is 31.9 Å². The standard InChI is InChI=1S/C6H9Br2NO4/c7-4(8)5(11)9-3(1-2-10)6(12)13/h3-4,10H,1-2H2,(H,9,11)(H,12,13)/t3-/m0/s1. The highest BCUT2D eigenvalue weighted by Gasteiger charge is 2.21. The molecule has 1 atom stereocenters. The lowest BCUT2D eigenvalue weighted by atomic mass is 10.2. The van der Waals surface area contributed by atoms with Crippen LogP contribution in [0.4, 0.5) is 0 Å². The Morgan fingerprint density at radius 3 is 2.23 bits per heavy atom. The highest BCUT2D eigenvalue weighted by atomic mass is 79.9. The van der Waals surface area contributed by atoms with E-state index in [-0.39, 0.29) is 13.0 Å². The average molecular weight is 319 g/mol. The summed E-state index contributed by atoms with van der Waals surface area (Å²) in [5, 5.41) is 19.3. The molecule has 0 spiro atoms. The van der Waals surface area contributed by atoms with E-state index in [4.69, 9.17) is 10.2 Å². The van der Waals surface area contributed by atoms with Crippen molar-refractivity contribution in [3.8, 4) is 0 Å². The van der Waals surface area contributed by atoms with Crippen molar-refractivity contribution in [2.24, 2.45) is 0 Å². The van der Waals surface area contributed by atoms with Crippen LogP contribution in [0.2, 0.25) is 0 Å². The zero-order valence-corrected chi connectivity index (χ0v) is 9.71. The van der Waals surface area contributed by atoms with Crippen molar-refractivity contribution < 1.29 is 19.8 Å². The number of aliphatic hydroxyl groups excluding tert-OH is 1. The van der Waals surface area contributed by atoms with Crippen LogP contribution in [0, 0.1) is 0 Å². The van der Waals surface area contributed by atoms with E-state index in [0.29, 0.717) is 0 Å². The molecular formula is C6H9Br2NO4. The van der Waals surface area contributed by atoms with Gasteiger partial charge in [0.05, 0.1) is 0 Å². The molecule has 0 unspecified atom stereocenters. The maximum absolute atomic E-state index is 11.0. The van der Waals surface area contributed by atoms with Gasteiger partial charge in [0.25, 0.3) is 0 Å². The monoisotopic (exact) mass is 317 g/mol. The molecule has 0 saturated heterocycles. The van der Waals surface area contributed by atoms with E-state index in [0.717, 1.165) is 0 Å². The maximum atomic E-state index is 11.0. The quantitative estimate of drug-likeness (QED) is 0.625. The van der Waals surface area contributed by atoms with Crippen LogP contribution in [-0.2, 0) is 9.59 Å². The molecule has 76 valence electrons. The summed E-state index contributed by atoms with van der Waals surface area (Å²) in [6.07, 6.45) is -0.00616. The fourth-order valence-corrected chi connectivity index (χ4v) is 0.886. The number of aliphatic hydroxyl groups is 1. The minimum absolute atomic E-state index is 0.00616. The van der Waals surface area contributed by atoms with Crippen molar-refractivity contribution in [3.63, 3.8) is 0 Å². The molecule has 5 nitrogen and oxygen atoms in total. The van der Waals surface area contributed by atoms with Crippen molar-refractivity contribution in [1.29, 1.82) is 0 Å². The van der Waals surface area contributed by atoms with E-state index in [1.54, 1.807) is 0 Å². The Kier molecular flexibility index (Phi) is 6.27. The topological polar surface area (TPSA) is 86.6 Å². The van der Waals surface area contributed by atoms with Crippen molar-refractivity contribution in [2.75, 3.05) is 6.61 Å². The molecule has 7 heteroatoms. The average Bonchev–Trinajstić information content (AvgIpc) is 2.03. The Morgan fingerprint density at radius 1 is 1.38 bits per heavy atom. The minimum Gasteiger partial charge on any atom is -0.480 e. The summed E-state index contributed by atoms with van der Waals surface area (Å²) in [6, 6.07) is -1.05. The van der Waals surface area contributed by atoms with E-state index in [1.807, 2.05) is 0 Å². The summed E-state index contributed by atoms with van der Waals surface area (Å²) in [6.45, 7) is -0.285. The molecule has 0 rings (SSSR count). The van der Waals surface area contributed by atoms with Crippen molar-refractivity contribution in [2.45, 2.75) is 16.2 Å². The normalized spacial score (nSPS) is 12.6. The second kappa shape index (κ2) is 6.33. The van der Waals surface area contributed by atoms with Crippen LogP contribution < -0.4 is 5.32 Å². The molecule has 0 saturated carbocycles. The van der Waals surface area contributed by atoms with Gasteiger partial charge in [0, 0.05) is 13.0 Å². The molecule has 1 amide bonds. The largest absolute Gasteiger partial charge is 0.480 e. The van der Waals surface area contributed by atoms with Crippen LogP contribution in [0.25, 0.3) is 0 Å². The van der Waals surface area contributed by atoms with Crippen molar-refractivity contribution in [3.05, 3.63) is 0 Å². The Morgan fingerprint density at radius 2 is 1.92 bits per heavy atom. The van der Waals surface area contributed by atoms with E-state index < -0.39 is 21.7 Å². The van der Waals surface area contributed by atoms with Gasteiger partial charge in [-0.25, -0.2) is 4.79 Å². The lowest BCUT2D eigenvalue weighted by Gasteiger charge is -2.13. The van der Waals surface area contributed by atoms with Gasteiger partial charge in [0.2, 0.25) is 5.91 Å². The summed E-state index contributed by atoms with van der Waals surface area (Å²) in [7, 11) is 0. The third-order valence-electron chi connectivity index (χ3n) is 1.23. The Balaban J connectivity index is 4.10. The molecule has 13 heavy (non-hydrogen) atoms. The van der Waals surface area contributed by atoms with Gasteiger partial charge in [-0.2, -0.15) is 0 Å². The molecule has 0 aliphatic heterocycles. The van der Waals surface area contributed by atoms with E-state index in [9.17, 15) is 9.59 Å². The molecule has 0 aromatic rings. The predicted octanol–water partition coefficient (Wildman–Crippen LogP) is 0.0541. The third kappa shape index (κ3) is 5.22. The lowest BCUT2D eigenvalue weighted by Crippen LogP contribution is -2.43. The number of carboxylic acids is 1. The fraction of sp³-hybridized carbons (Fsp3) is 0.667. The smallest absolute Gasteiger partial charge is 0.326 e. The first-order valence-corrected chi connectivity index (χ1v) is 5.24. The molecule has 0 fully saturated rings. The molecule has 0 aliphatic carbocycles. The zero-order valence-electron chi connectivity index (χ0n) is 6.54. The molecule has 3 N–H and O–H groups in total. The van der Waals surface area contributed by atoms with Crippen LogP contribution in [0.15, 0.2) is 0 Å². The van der Waals surface area contributed by atoms with Gasteiger partial charge >= 0.3 is 5.97 Å². The molecule has 0 aromatic carbocycles. The SMILES string of the molecule is O=C(N[C@@H](CCO)C(=O)O)C(Br)Br. The number of halogens is 2. The third-order valence-corrected chi connectivity index (χ3v) is 2.06. The highest BCUT2D eigenvalue weighted by molar-refractivity contribution is 9.25. The number of alkyl halides is 2. The number of carbonyl (C=O) groups is 2. The van der Waals surface area contributed by atoms with Gasteiger partial charge in [-0.1, -0.05) is 31.9 Å². The van der Waals surface area contributed by atoms with Gasteiger partial charge < -0.3 is 15.5 Å². The molecule has 0 heterocycles. The van der Waals surface area contributed by atoms with Gasteiger partial charge in [-0.15, -0.1) is 0 Å². The first-order valence-electron chi connectivity index (χ1n) is 3.41. The fourth-order valence-electron chi connectivity index (χ4n) is 0.621. The number of rotatable bonds is 5. The number of nitrogens with one attached hydrogen (secondary N) is 1. The minimum atomic E-state index is -1.16. The number of amides is 1. The zero-order chi connectivity index (χ0) is 10.4. The summed E-state index contributed by atoms with van der Waals surface area (Å²) >= 11 is 5.84. The van der Waals surface area contributed by atoms with Gasteiger partial charge in [-0.05, 0) is 0 Å².